The number of aromatic nitrogens is 4. The molecule has 4 heteroatoms. The zero-order valence-corrected chi connectivity index (χ0v) is 7.88. The van der Waals surface area contributed by atoms with Crippen LogP contribution in [0.5, 0.6) is 0 Å². The molecule has 0 saturated heterocycles. The Morgan fingerprint density at radius 3 is 2.73 bits per heavy atom. The quantitative estimate of drug-likeness (QED) is 0.647. The Hall–Kier alpha value is -2.23. The molecule has 72 valence electrons. The topological polar surface area (TPSA) is 54.5 Å². The molecule has 0 radical (unpaired) electrons. The monoisotopic (exact) mass is 196 g/mol. The summed E-state index contributed by atoms with van der Waals surface area (Å²) in [5.41, 5.74) is 2.66. The molecular weight excluding hydrogens is 188 g/mol. The average Bonchev–Trinajstić information content (AvgIpc) is 2.82. The van der Waals surface area contributed by atoms with Gasteiger partial charge in [-0.3, -0.25) is 0 Å². The highest BCUT2D eigenvalue weighted by Gasteiger charge is 2.06. The van der Waals surface area contributed by atoms with E-state index in [4.69, 9.17) is 0 Å². The molecule has 4 nitrogen and oxygen atoms in total. The first-order valence-corrected chi connectivity index (χ1v) is 4.67. The molecule has 0 spiro atoms. The van der Waals surface area contributed by atoms with Crippen molar-refractivity contribution < 1.29 is 0 Å². The highest BCUT2D eigenvalue weighted by molar-refractivity contribution is 5.90. The summed E-state index contributed by atoms with van der Waals surface area (Å²) in [6, 6.07) is 11.7. The number of benzene rings is 1. The number of hydrogen-bond donors (Lipinski definition) is 1. The number of nitrogens with one attached hydrogen (secondary N) is 1. The molecule has 3 aromatic rings. The van der Waals surface area contributed by atoms with Crippen LogP contribution in [0, 0.1) is 0 Å². The minimum absolute atomic E-state index is 0.839. The largest absolute Gasteiger partial charge is 0.360 e. The fourth-order valence-corrected chi connectivity index (χ4v) is 1.61. The molecule has 0 saturated carbocycles. The van der Waals surface area contributed by atoms with Gasteiger partial charge in [0.05, 0.1) is 11.2 Å². The van der Waals surface area contributed by atoms with Crippen molar-refractivity contribution in [3.05, 3.63) is 42.6 Å². The second kappa shape index (κ2) is 3.16. The number of hydrogen-bond acceptors (Lipinski definition) is 3. The van der Waals surface area contributed by atoms with Crippen LogP contribution >= 0.6 is 0 Å². The zero-order valence-electron chi connectivity index (χ0n) is 7.88. The summed E-state index contributed by atoms with van der Waals surface area (Å²) in [7, 11) is 0. The molecule has 1 N–H and O–H groups in total. The maximum absolute atomic E-state index is 4.06. The van der Waals surface area contributed by atoms with Gasteiger partial charge in [0.15, 0.2) is 0 Å². The summed E-state index contributed by atoms with van der Waals surface area (Å²) in [6.45, 7) is 0. The Bertz CT molecular complexity index is 581. The summed E-state index contributed by atoms with van der Waals surface area (Å²) in [6.07, 6.45) is 1.87. The minimum atomic E-state index is 0.839. The van der Waals surface area contributed by atoms with Crippen LogP contribution in [-0.4, -0.2) is 20.4 Å². The number of rotatable bonds is 1. The maximum atomic E-state index is 4.06. The van der Waals surface area contributed by atoms with Crippen molar-refractivity contribution in [2.75, 3.05) is 0 Å². The molecule has 3 rings (SSSR count). The maximum Gasteiger partial charge on any atom is 0.120 e. The van der Waals surface area contributed by atoms with Crippen molar-refractivity contribution in [2.24, 2.45) is 0 Å². The van der Waals surface area contributed by atoms with Crippen LogP contribution in [0.15, 0.2) is 42.6 Å². The second-order valence-corrected chi connectivity index (χ2v) is 3.24. The molecule has 2 heterocycles. The third-order valence-electron chi connectivity index (χ3n) is 2.31. The summed E-state index contributed by atoms with van der Waals surface area (Å²) < 4.78 is 0. The molecular formula is C11H8N4. The molecule has 1 aromatic carbocycles. The van der Waals surface area contributed by atoms with Gasteiger partial charge in [-0.05, 0) is 23.4 Å². The Balaban J connectivity index is 2.36. The van der Waals surface area contributed by atoms with Crippen molar-refractivity contribution in [1.29, 1.82) is 0 Å². The van der Waals surface area contributed by atoms with Gasteiger partial charge in [0.1, 0.15) is 5.69 Å². The Kier molecular flexibility index (Phi) is 1.71. The molecule has 0 aliphatic heterocycles. The lowest BCUT2D eigenvalue weighted by Gasteiger charge is -2.00. The molecule has 0 unspecified atom stereocenters. The van der Waals surface area contributed by atoms with Crippen molar-refractivity contribution in [1.82, 2.24) is 20.4 Å². The van der Waals surface area contributed by atoms with E-state index in [9.17, 15) is 0 Å². The van der Waals surface area contributed by atoms with Crippen LogP contribution in [-0.2, 0) is 0 Å². The van der Waals surface area contributed by atoms with E-state index < -0.39 is 0 Å². The highest BCUT2D eigenvalue weighted by Crippen LogP contribution is 2.22. The first-order chi connectivity index (χ1) is 7.45. The van der Waals surface area contributed by atoms with Crippen molar-refractivity contribution >= 4 is 10.9 Å². The van der Waals surface area contributed by atoms with Gasteiger partial charge in [-0.1, -0.05) is 18.2 Å². The van der Waals surface area contributed by atoms with Crippen LogP contribution in [0.4, 0.5) is 0 Å². The van der Waals surface area contributed by atoms with Crippen LogP contribution in [0.25, 0.3) is 22.3 Å². The lowest BCUT2D eigenvalue weighted by Crippen LogP contribution is -1.93. The van der Waals surface area contributed by atoms with E-state index in [0.29, 0.717) is 0 Å². The third kappa shape index (κ3) is 1.27. The van der Waals surface area contributed by atoms with Gasteiger partial charge in [0.2, 0.25) is 0 Å². The lowest BCUT2D eigenvalue weighted by atomic mass is 10.1. The summed E-state index contributed by atoms with van der Waals surface area (Å²) >= 11 is 0. The van der Waals surface area contributed by atoms with Gasteiger partial charge < -0.3 is 4.98 Å². The Morgan fingerprint density at radius 2 is 1.87 bits per heavy atom. The van der Waals surface area contributed by atoms with Crippen LogP contribution in [0.3, 0.4) is 0 Å². The predicted molar refractivity (Wildman–Crippen MR) is 57.1 cm³/mol. The van der Waals surface area contributed by atoms with E-state index in [1.54, 1.807) is 0 Å². The normalized spacial score (nSPS) is 10.7. The first kappa shape index (κ1) is 8.11. The molecule has 0 bridgehead atoms. The zero-order chi connectivity index (χ0) is 10.1. The smallest absolute Gasteiger partial charge is 0.120 e. The Labute approximate surface area is 86.0 Å². The molecule has 0 aliphatic rings. The molecule has 2 aromatic heterocycles. The van der Waals surface area contributed by atoms with E-state index in [-0.39, 0.29) is 0 Å². The van der Waals surface area contributed by atoms with Gasteiger partial charge in [-0.25, -0.2) is 0 Å². The summed E-state index contributed by atoms with van der Waals surface area (Å²) in [5.74, 6) is 0. The highest BCUT2D eigenvalue weighted by atomic mass is 15.3. The van der Waals surface area contributed by atoms with Gasteiger partial charge >= 0.3 is 0 Å². The molecule has 0 atom stereocenters. The molecule has 15 heavy (non-hydrogen) atoms. The van der Waals surface area contributed by atoms with E-state index in [0.717, 1.165) is 22.3 Å². The number of fused-ring (bicyclic) bond motifs is 1. The number of nitrogens with zero attached hydrogens (tertiary/aromatic N) is 3. The van der Waals surface area contributed by atoms with Gasteiger partial charge in [-0.2, -0.15) is 0 Å². The van der Waals surface area contributed by atoms with Crippen LogP contribution < -0.4 is 0 Å². The predicted octanol–water partition coefficient (Wildman–Crippen LogP) is 2.02. The first-order valence-electron chi connectivity index (χ1n) is 4.67. The summed E-state index contributed by atoms with van der Waals surface area (Å²) in [4.78, 5) is 3.12. The Morgan fingerprint density at radius 1 is 0.933 bits per heavy atom. The van der Waals surface area contributed by atoms with E-state index in [1.165, 1.54) is 0 Å². The third-order valence-corrected chi connectivity index (χ3v) is 2.31. The fourth-order valence-electron chi connectivity index (χ4n) is 1.61. The molecule has 0 amide bonds. The summed E-state index contributed by atoms with van der Waals surface area (Å²) in [5, 5.41) is 12.8. The van der Waals surface area contributed by atoms with Gasteiger partial charge in [0, 0.05) is 11.6 Å². The van der Waals surface area contributed by atoms with E-state index in [2.05, 4.69) is 20.4 Å². The van der Waals surface area contributed by atoms with E-state index >= 15 is 0 Å². The van der Waals surface area contributed by atoms with Gasteiger partial charge in [0.25, 0.3) is 0 Å². The molecule has 0 aliphatic carbocycles. The fraction of sp³-hybridized carbons (Fsp3) is 0. The van der Waals surface area contributed by atoms with Crippen LogP contribution in [0.1, 0.15) is 0 Å². The second-order valence-electron chi connectivity index (χ2n) is 3.24. The lowest BCUT2D eigenvalue weighted by molar-refractivity contribution is 0.898. The van der Waals surface area contributed by atoms with Crippen LogP contribution in [0.2, 0.25) is 0 Å². The standard InChI is InChI=1S/C11H8N4/c1-2-5-9-8(4-1)11(14-15-13-9)10-6-3-7-12-10/h1-7,12H. The van der Waals surface area contributed by atoms with Crippen molar-refractivity contribution in [2.45, 2.75) is 0 Å². The average molecular weight is 196 g/mol. The SMILES string of the molecule is c1c[nH]c(-c2nnnc3ccccc23)c1. The van der Waals surface area contributed by atoms with E-state index in [1.807, 2.05) is 42.6 Å². The van der Waals surface area contributed by atoms with Crippen molar-refractivity contribution in [3.8, 4) is 11.4 Å². The number of H-pyrrole nitrogens is 1. The molecule has 0 fully saturated rings. The number of aromatic amines is 1. The van der Waals surface area contributed by atoms with Crippen molar-refractivity contribution in [3.63, 3.8) is 0 Å². The van der Waals surface area contributed by atoms with Gasteiger partial charge in [-0.15, -0.1) is 10.2 Å². The minimum Gasteiger partial charge on any atom is -0.360 e.